The number of carbonyl (C=O) groups is 1. The lowest BCUT2D eigenvalue weighted by Gasteiger charge is -2.15. The van der Waals surface area contributed by atoms with Gasteiger partial charge in [0, 0.05) is 18.0 Å². The van der Waals surface area contributed by atoms with Crippen LogP contribution in [0.3, 0.4) is 0 Å². The van der Waals surface area contributed by atoms with Crippen molar-refractivity contribution in [3.05, 3.63) is 22.2 Å². The molecule has 0 bridgehead atoms. The minimum Gasteiger partial charge on any atom is -0.397 e. The molecule has 0 aliphatic rings. The van der Waals surface area contributed by atoms with Crippen LogP contribution in [0, 0.1) is 0 Å². The molecule has 1 rings (SSSR count). The van der Waals surface area contributed by atoms with Crippen molar-refractivity contribution in [2.75, 3.05) is 37.8 Å². The summed E-state index contributed by atoms with van der Waals surface area (Å²) in [7, 11) is 1.89. The Morgan fingerprint density at radius 1 is 1.40 bits per heavy atom. The number of nitrogen functional groups attached to an aromatic ring is 1. The highest BCUT2D eigenvalue weighted by Crippen LogP contribution is 2.32. The second-order valence-corrected chi connectivity index (χ2v) is 5.37. The lowest BCUT2D eigenvalue weighted by atomic mass is 10.2. The van der Waals surface area contributed by atoms with Crippen LogP contribution in [0.5, 0.6) is 0 Å². The van der Waals surface area contributed by atoms with Gasteiger partial charge in [-0.2, -0.15) is 0 Å². The van der Waals surface area contributed by atoms with E-state index < -0.39 is 0 Å². The number of nitrogens with zero attached hydrogens (tertiary/aromatic N) is 1. The van der Waals surface area contributed by atoms with E-state index in [1.807, 2.05) is 11.9 Å². The van der Waals surface area contributed by atoms with Gasteiger partial charge >= 0.3 is 0 Å². The second kappa shape index (κ2) is 8.32. The normalized spacial score (nSPS) is 10.8. The molecule has 0 aliphatic carbocycles. The zero-order valence-corrected chi connectivity index (χ0v) is 12.8. The van der Waals surface area contributed by atoms with E-state index in [0.717, 1.165) is 6.54 Å². The van der Waals surface area contributed by atoms with Gasteiger partial charge in [-0.15, -0.1) is 0 Å². The minimum absolute atomic E-state index is 0.111. The van der Waals surface area contributed by atoms with Gasteiger partial charge in [0.05, 0.1) is 23.0 Å². The summed E-state index contributed by atoms with van der Waals surface area (Å²) in [6, 6.07) is 3.07. The van der Waals surface area contributed by atoms with E-state index in [0.29, 0.717) is 40.8 Å². The topological polar surface area (TPSA) is 78.6 Å². The largest absolute Gasteiger partial charge is 0.397 e. The van der Waals surface area contributed by atoms with Crippen LogP contribution in [0.2, 0.25) is 10.0 Å². The van der Waals surface area contributed by atoms with Gasteiger partial charge in [-0.25, -0.2) is 0 Å². The van der Waals surface area contributed by atoms with Crippen molar-refractivity contribution in [2.45, 2.75) is 12.8 Å². The summed E-state index contributed by atoms with van der Waals surface area (Å²) in [4.78, 5) is 13.8. The Labute approximate surface area is 128 Å². The highest BCUT2D eigenvalue weighted by Gasteiger charge is 2.10. The van der Waals surface area contributed by atoms with Gasteiger partial charge in [0.25, 0.3) is 0 Å². The summed E-state index contributed by atoms with van der Waals surface area (Å²) in [6.45, 7) is 1.44. The molecule has 0 heterocycles. The number of carbonyl (C=O) groups excluding carboxylic acids is 1. The Kier molecular flexibility index (Phi) is 7.09. The fourth-order valence-electron chi connectivity index (χ4n) is 1.72. The number of amides is 1. The molecule has 112 valence electrons. The summed E-state index contributed by atoms with van der Waals surface area (Å²) < 4.78 is 0. The molecule has 7 heteroatoms. The number of hydrogen-bond acceptors (Lipinski definition) is 4. The molecule has 1 aromatic rings. The van der Waals surface area contributed by atoms with E-state index in [9.17, 15) is 4.79 Å². The van der Waals surface area contributed by atoms with E-state index in [4.69, 9.17) is 34.0 Å². The van der Waals surface area contributed by atoms with Gasteiger partial charge in [0.2, 0.25) is 5.91 Å². The van der Waals surface area contributed by atoms with Crippen molar-refractivity contribution in [1.82, 2.24) is 4.90 Å². The van der Waals surface area contributed by atoms with Crippen LogP contribution in [-0.4, -0.2) is 42.7 Å². The molecule has 20 heavy (non-hydrogen) atoms. The number of rotatable bonds is 7. The van der Waals surface area contributed by atoms with Crippen molar-refractivity contribution >= 4 is 40.5 Å². The van der Waals surface area contributed by atoms with Crippen LogP contribution in [0.1, 0.15) is 12.8 Å². The average Bonchev–Trinajstić information content (AvgIpc) is 2.34. The Hall–Kier alpha value is -1.01. The van der Waals surface area contributed by atoms with E-state index in [2.05, 4.69) is 5.32 Å². The summed E-state index contributed by atoms with van der Waals surface area (Å²) in [5, 5.41) is 12.2. The number of aliphatic hydroxyl groups is 1. The Morgan fingerprint density at radius 3 is 2.70 bits per heavy atom. The summed E-state index contributed by atoms with van der Waals surface area (Å²) in [6.07, 6.45) is 1.04. The van der Waals surface area contributed by atoms with Crippen LogP contribution >= 0.6 is 23.2 Å². The fourth-order valence-corrected chi connectivity index (χ4v) is 2.28. The van der Waals surface area contributed by atoms with Gasteiger partial charge < -0.3 is 21.1 Å². The van der Waals surface area contributed by atoms with Crippen molar-refractivity contribution in [1.29, 1.82) is 0 Å². The summed E-state index contributed by atoms with van der Waals surface area (Å²) in [5.41, 5.74) is 6.50. The number of nitrogens with one attached hydrogen (secondary N) is 1. The molecule has 1 amide bonds. The molecule has 0 aliphatic heterocycles. The first-order valence-electron chi connectivity index (χ1n) is 6.27. The Bertz CT molecular complexity index is 446. The number of anilines is 2. The predicted octanol–water partition coefficient (Wildman–Crippen LogP) is 2.22. The molecule has 0 radical (unpaired) electrons. The molecular weight excluding hydrogens is 301 g/mol. The summed E-state index contributed by atoms with van der Waals surface area (Å²) in [5.74, 6) is -0.154. The fraction of sp³-hybridized carbons (Fsp3) is 0.462. The number of aliphatic hydroxyl groups excluding tert-OH is 1. The highest BCUT2D eigenvalue weighted by atomic mass is 35.5. The number of halogens is 2. The summed E-state index contributed by atoms with van der Waals surface area (Å²) >= 11 is 11.8. The molecule has 0 aromatic heterocycles. The third-order valence-corrected chi connectivity index (χ3v) is 3.29. The SMILES string of the molecule is CN(CCO)CCCC(=O)Nc1c(N)cc(Cl)cc1Cl. The first kappa shape index (κ1) is 17.0. The van der Waals surface area contributed by atoms with E-state index in [1.54, 1.807) is 0 Å². The lowest BCUT2D eigenvalue weighted by Crippen LogP contribution is -2.24. The molecular formula is C13H19Cl2N3O2. The number of hydrogen-bond donors (Lipinski definition) is 3. The Morgan fingerprint density at radius 2 is 2.10 bits per heavy atom. The minimum atomic E-state index is -0.154. The van der Waals surface area contributed by atoms with Crippen LogP contribution in [0.4, 0.5) is 11.4 Å². The van der Waals surface area contributed by atoms with Gasteiger partial charge in [-0.1, -0.05) is 23.2 Å². The molecule has 0 spiro atoms. The number of benzene rings is 1. The van der Waals surface area contributed by atoms with Crippen LogP contribution < -0.4 is 11.1 Å². The molecule has 4 N–H and O–H groups in total. The molecule has 0 atom stereocenters. The molecule has 0 saturated carbocycles. The Balaban J connectivity index is 2.47. The monoisotopic (exact) mass is 319 g/mol. The molecule has 0 unspecified atom stereocenters. The van der Waals surface area contributed by atoms with Gasteiger partial charge in [0.15, 0.2) is 0 Å². The third kappa shape index (κ3) is 5.54. The smallest absolute Gasteiger partial charge is 0.224 e. The first-order valence-corrected chi connectivity index (χ1v) is 7.03. The van der Waals surface area contributed by atoms with Crippen molar-refractivity contribution in [3.63, 3.8) is 0 Å². The lowest BCUT2D eigenvalue weighted by molar-refractivity contribution is -0.116. The molecule has 0 fully saturated rings. The third-order valence-electron chi connectivity index (χ3n) is 2.78. The van der Waals surface area contributed by atoms with Crippen molar-refractivity contribution in [2.24, 2.45) is 0 Å². The van der Waals surface area contributed by atoms with Gasteiger partial charge in [-0.3, -0.25) is 4.79 Å². The second-order valence-electron chi connectivity index (χ2n) is 4.53. The van der Waals surface area contributed by atoms with E-state index >= 15 is 0 Å². The van der Waals surface area contributed by atoms with Crippen LogP contribution in [-0.2, 0) is 4.79 Å². The average molecular weight is 320 g/mol. The van der Waals surface area contributed by atoms with Crippen molar-refractivity contribution < 1.29 is 9.90 Å². The quantitative estimate of drug-likeness (QED) is 0.673. The predicted molar refractivity (Wildman–Crippen MR) is 83.3 cm³/mol. The highest BCUT2D eigenvalue weighted by molar-refractivity contribution is 6.37. The molecule has 0 saturated heterocycles. The zero-order chi connectivity index (χ0) is 15.1. The maximum Gasteiger partial charge on any atom is 0.224 e. The van der Waals surface area contributed by atoms with Crippen molar-refractivity contribution in [3.8, 4) is 0 Å². The molecule has 1 aromatic carbocycles. The van der Waals surface area contributed by atoms with Gasteiger partial charge in [-0.05, 0) is 32.1 Å². The molecule has 5 nitrogen and oxygen atoms in total. The van der Waals surface area contributed by atoms with E-state index in [1.165, 1.54) is 12.1 Å². The van der Waals surface area contributed by atoms with Crippen LogP contribution in [0.15, 0.2) is 12.1 Å². The standard InChI is InChI=1S/C13H19Cl2N3O2/c1-18(5-6-19)4-2-3-12(20)17-13-10(15)7-9(14)8-11(13)16/h7-8,19H,2-6,16H2,1H3,(H,17,20). The van der Waals surface area contributed by atoms with Crippen LogP contribution in [0.25, 0.3) is 0 Å². The maximum absolute atomic E-state index is 11.8. The maximum atomic E-state index is 11.8. The van der Waals surface area contributed by atoms with E-state index in [-0.39, 0.29) is 12.5 Å². The number of likely N-dealkylation sites (N-methyl/N-ethyl adjacent to an activating group) is 1. The van der Waals surface area contributed by atoms with Gasteiger partial charge in [0.1, 0.15) is 0 Å². The zero-order valence-electron chi connectivity index (χ0n) is 11.3. The first-order chi connectivity index (χ1) is 9.43. The number of nitrogens with two attached hydrogens (primary N) is 1.